The van der Waals surface area contributed by atoms with Gasteiger partial charge in [-0.2, -0.15) is 0 Å². The molecule has 1 aliphatic heterocycles. The van der Waals surface area contributed by atoms with Crippen LogP contribution in [0.15, 0.2) is 30.3 Å². The third-order valence-electron chi connectivity index (χ3n) is 4.42. The molecule has 3 rings (SSSR count). The molecule has 1 aromatic carbocycles. The highest BCUT2D eigenvalue weighted by Crippen LogP contribution is 2.14. The third-order valence-corrected chi connectivity index (χ3v) is 4.42. The Kier molecular flexibility index (Phi) is 5.25. The van der Waals surface area contributed by atoms with Gasteiger partial charge in [-0.1, -0.05) is 44.2 Å². The van der Waals surface area contributed by atoms with Crippen LogP contribution in [0.1, 0.15) is 54.6 Å². The van der Waals surface area contributed by atoms with Crippen molar-refractivity contribution in [2.24, 2.45) is 0 Å². The maximum atomic E-state index is 12.3. The number of H-pyrrole nitrogens is 1. The predicted octanol–water partition coefficient (Wildman–Crippen LogP) is 2.32. The standard InChI is InChI=1S/C18H25N5O/c1-13(2)16-20-17(22-21-16)18(24)19-15-8-10-23(11-9-15)12-14-6-4-3-5-7-14/h3-7,13,15H,8-12H2,1-2H3,(H,19,24)(H,20,21,22). The summed E-state index contributed by atoms with van der Waals surface area (Å²) in [6, 6.07) is 10.7. The zero-order valence-electron chi connectivity index (χ0n) is 14.3. The molecule has 1 aliphatic rings. The Bertz CT molecular complexity index is 659. The molecule has 1 saturated heterocycles. The van der Waals surface area contributed by atoms with Crippen molar-refractivity contribution in [2.75, 3.05) is 13.1 Å². The molecule has 1 fully saturated rings. The molecule has 2 N–H and O–H groups in total. The van der Waals surface area contributed by atoms with Crippen molar-refractivity contribution in [1.82, 2.24) is 25.4 Å². The van der Waals surface area contributed by atoms with E-state index in [4.69, 9.17) is 0 Å². The van der Waals surface area contributed by atoms with Crippen molar-refractivity contribution < 1.29 is 4.79 Å². The lowest BCUT2D eigenvalue weighted by atomic mass is 10.0. The second-order valence-corrected chi connectivity index (χ2v) is 6.71. The van der Waals surface area contributed by atoms with Crippen molar-refractivity contribution in [2.45, 2.75) is 45.2 Å². The minimum absolute atomic E-state index is 0.181. The zero-order chi connectivity index (χ0) is 16.9. The van der Waals surface area contributed by atoms with Crippen molar-refractivity contribution in [3.8, 4) is 0 Å². The molecule has 24 heavy (non-hydrogen) atoms. The lowest BCUT2D eigenvalue weighted by Crippen LogP contribution is -2.44. The number of hydrogen-bond donors (Lipinski definition) is 2. The van der Waals surface area contributed by atoms with Gasteiger partial charge in [-0.25, -0.2) is 4.98 Å². The average Bonchev–Trinajstić information content (AvgIpc) is 3.08. The summed E-state index contributed by atoms with van der Waals surface area (Å²) < 4.78 is 0. The van der Waals surface area contributed by atoms with Gasteiger partial charge in [0.2, 0.25) is 5.82 Å². The number of piperidine rings is 1. The summed E-state index contributed by atoms with van der Waals surface area (Å²) in [5.74, 6) is 1.04. The fourth-order valence-electron chi connectivity index (χ4n) is 2.96. The van der Waals surface area contributed by atoms with Crippen LogP contribution in [-0.4, -0.2) is 45.1 Å². The molecule has 2 heterocycles. The van der Waals surface area contributed by atoms with Crippen LogP contribution in [0.2, 0.25) is 0 Å². The molecule has 0 aliphatic carbocycles. The Balaban J connectivity index is 1.47. The fourth-order valence-corrected chi connectivity index (χ4v) is 2.96. The van der Waals surface area contributed by atoms with E-state index >= 15 is 0 Å². The maximum absolute atomic E-state index is 12.3. The summed E-state index contributed by atoms with van der Waals surface area (Å²) in [6.45, 7) is 6.99. The Hall–Kier alpha value is -2.21. The molecule has 0 spiro atoms. The number of carbonyl (C=O) groups is 1. The van der Waals surface area contributed by atoms with Gasteiger partial charge in [0.1, 0.15) is 5.82 Å². The summed E-state index contributed by atoms with van der Waals surface area (Å²) in [7, 11) is 0. The molecule has 0 radical (unpaired) electrons. The largest absolute Gasteiger partial charge is 0.346 e. The first-order valence-corrected chi connectivity index (χ1v) is 8.61. The third kappa shape index (κ3) is 4.20. The molecular weight excluding hydrogens is 302 g/mol. The molecule has 2 aromatic rings. The summed E-state index contributed by atoms with van der Waals surface area (Å²) in [5, 5.41) is 9.90. The number of nitrogens with one attached hydrogen (secondary N) is 2. The number of rotatable bonds is 5. The topological polar surface area (TPSA) is 73.9 Å². The van der Waals surface area contributed by atoms with Crippen LogP contribution in [0.4, 0.5) is 0 Å². The molecule has 6 heteroatoms. The highest BCUT2D eigenvalue weighted by molar-refractivity contribution is 5.90. The SMILES string of the molecule is CC(C)c1nc(C(=O)NC2CCN(Cc3ccccc3)CC2)n[nH]1. The minimum Gasteiger partial charge on any atom is -0.346 e. The predicted molar refractivity (Wildman–Crippen MR) is 92.7 cm³/mol. The van der Waals surface area contributed by atoms with E-state index in [1.54, 1.807) is 0 Å². The number of carbonyl (C=O) groups excluding carboxylic acids is 1. The lowest BCUT2D eigenvalue weighted by molar-refractivity contribution is 0.0898. The highest BCUT2D eigenvalue weighted by atomic mass is 16.2. The summed E-state index contributed by atoms with van der Waals surface area (Å²) in [4.78, 5) is 18.9. The number of likely N-dealkylation sites (tertiary alicyclic amines) is 1. The normalized spacial score (nSPS) is 16.5. The van der Waals surface area contributed by atoms with Gasteiger partial charge in [0.25, 0.3) is 5.91 Å². The van der Waals surface area contributed by atoms with E-state index in [-0.39, 0.29) is 23.7 Å². The molecule has 0 bridgehead atoms. The molecular formula is C18H25N5O. The smallest absolute Gasteiger partial charge is 0.291 e. The van der Waals surface area contributed by atoms with E-state index in [0.717, 1.165) is 38.3 Å². The van der Waals surface area contributed by atoms with Crippen molar-refractivity contribution in [3.63, 3.8) is 0 Å². The van der Waals surface area contributed by atoms with Crippen LogP contribution in [0.5, 0.6) is 0 Å². The van der Waals surface area contributed by atoms with E-state index in [0.29, 0.717) is 0 Å². The van der Waals surface area contributed by atoms with E-state index < -0.39 is 0 Å². The first kappa shape index (κ1) is 16.6. The molecule has 6 nitrogen and oxygen atoms in total. The number of aromatic amines is 1. The van der Waals surface area contributed by atoms with Crippen LogP contribution in [0.25, 0.3) is 0 Å². The van der Waals surface area contributed by atoms with Gasteiger partial charge in [0.15, 0.2) is 0 Å². The van der Waals surface area contributed by atoms with Crippen LogP contribution >= 0.6 is 0 Å². The quantitative estimate of drug-likeness (QED) is 0.884. The van der Waals surface area contributed by atoms with Crippen molar-refractivity contribution in [3.05, 3.63) is 47.5 Å². The number of hydrogen-bond acceptors (Lipinski definition) is 4. The van der Waals surface area contributed by atoms with Gasteiger partial charge in [-0.05, 0) is 18.4 Å². The highest BCUT2D eigenvalue weighted by Gasteiger charge is 2.23. The summed E-state index contributed by atoms with van der Waals surface area (Å²) >= 11 is 0. The second-order valence-electron chi connectivity index (χ2n) is 6.71. The molecule has 1 aromatic heterocycles. The Morgan fingerprint density at radius 1 is 1.29 bits per heavy atom. The van der Waals surface area contributed by atoms with E-state index in [2.05, 4.69) is 49.7 Å². The van der Waals surface area contributed by atoms with Crippen LogP contribution in [0, 0.1) is 0 Å². The van der Waals surface area contributed by atoms with Gasteiger partial charge in [0.05, 0.1) is 0 Å². The van der Waals surface area contributed by atoms with Crippen molar-refractivity contribution in [1.29, 1.82) is 0 Å². The summed E-state index contributed by atoms with van der Waals surface area (Å²) in [6.07, 6.45) is 1.92. The Labute approximate surface area is 142 Å². The molecule has 0 atom stereocenters. The van der Waals surface area contributed by atoms with Gasteiger partial charge in [-0.3, -0.25) is 14.8 Å². The zero-order valence-corrected chi connectivity index (χ0v) is 14.3. The van der Waals surface area contributed by atoms with E-state index in [1.165, 1.54) is 5.56 Å². The van der Waals surface area contributed by atoms with Gasteiger partial charge in [-0.15, -0.1) is 5.10 Å². The first-order valence-electron chi connectivity index (χ1n) is 8.61. The average molecular weight is 327 g/mol. The number of aromatic nitrogens is 3. The monoisotopic (exact) mass is 327 g/mol. The maximum Gasteiger partial charge on any atom is 0.291 e. The number of amides is 1. The summed E-state index contributed by atoms with van der Waals surface area (Å²) in [5.41, 5.74) is 1.34. The molecule has 0 unspecified atom stereocenters. The number of nitrogens with zero attached hydrogens (tertiary/aromatic N) is 3. The minimum atomic E-state index is -0.181. The fraction of sp³-hybridized carbons (Fsp3) is 0.500. The Morgan fingerprint density at radius 2 is 2.00 bits per heavy atom. The van der Waals surface area contributed by atoms with Gasteiger partial charge >= 0.3 is 0 Å². The van der Waals surface area contributed by atoms with Crippen LogP contribution in [0.3, 0.4) is 0 Å². The van der Waals surface area contributed by atoms with E-state index in [1.807, 2.05) is 19.9 Å². The second kappa shape index (κ2) is 7.57. The number of benzene rings is 1. The molecule has 0 saturated carbocycles. The Morgan fingerprint density at radius 3 is 2.62 bits per heavy atom. The van der Waals surface area contributed by atoms with Crippen LogP contribution in [-0.2, 0) is 6.54 Å². The van der Waals surface area contributed by atoms with E-state index in [9.17, 15) is 4.79 Å². The van der Waals surface area contributed by atoms with Crippen molar-refractivity contribution >= 4 is 5.91 Å². The first-order chi connectivity index (χ1) is 11.6. The lowest BCUT2D eigenvalue weighted by Gasteiger charge is -2.32. The molecule has 128 valence electrons. The van der Waals surface area contributed by atoms with Crippen LogP contribution < -0.4 is 5.32 Å². The van der Waals surface area contributed by atoms with Gasteiger partial charge in [0, 0.05) is 31.6 Å². The van der Waals surface area contributed by atoms with Gasteiger partial charge < -0.3 is 5.32 Å². The molecule has 1 amide bonds.